The van der Waals surface area contributed by atoms with Crippen LogP contribution < -0.4 is 21.2 Å². The van der Waals surface area contributed by atoms with E-state index in [0.717, 1.165) is 52.8 Å². The molecule has 218 valence electrons. The number of unbranched alkanes of at least 4 members (excludes halogenated alkanes) is 2. The third-order valence-electron chi connectivity index (χ3n) is 7.43. The number of nitrogens with zero attached hydrogens (tertiary/aromatic N) is 2. The van der Waals surface area contributed by atoms with Gasteiger partial charge in [-0.1, -0.05) is 136 Å². The standard InChI is InChI=1S/C36H42N3O2P/c1-4-6-27-37-36(41)35(39(29(3)40)28-7-5-2)33-25-17-18-26-34(33)38-42(30-19-11-8-12-20-30,31-21-13-9-14-22-31)32-23-15-10-16-24-32/h8-26,35H,4-7,27-28H2,1-3H3,(H,37,41). The fourth-order valence-corrected chi connectivity index (χ4v) is 8.81. The number of hydrogen-bond acceptors (Lipinski definition) is 3. The monoisotopic (exact) mass is 579 g/mol. The number of nitrogens with one attached hydrogen (secondary N) is 1. The van der Waals surface area contributed by atoms with Crippen LogP contribution in [-0.2, 0) is 9.59 Å². The lowest BCUT2D eigenvalue weighted by Crippen LogP contribution is -2.43. The third kappa shape index (κ3) is 7.09. The van der Waals surface area contributed by atoms with Crippen molar-refractivity contribution in [3.8, 4) is 0 Å². The van der Waals surface area contributed by atoms with Crippen LogP contribution in [0.1, 0.15) is 58.1 Å². The lowest BCUT2D eigenvalue weighted by atomic mass is 10.0. The highest BCUT2D eigenvalue weighted by atomic mass is 31.2. The maximum atomic E-state index is 13.9. The molecule has 4 aromatic rings. The molecule has 0 spiro atoms. The van der Waals surface area contributed by atoms with E-state index in [1.165, 1.54) is 0 Å². The Balaban J connectivity index is 2.04. The molecule has 5 nitrogen and oxygen atoms in total. The number of carbonyl (C=O) groups is 2. The molecule has 0 aromatic heterocycles. The minimum Gasteiger partial charge on any atom is -0.354 e. The van der Waals surface area contributed by atoms with E-state index < -0.39 is 13.1 Å². The van der Waals surface area contributed by atoms with Crippen LogP contribution in [0.15, 0.2) is 120 Å². The first-order valence-electron chi connectivity index (χ1n) is 15.0. The molecular weight excluding hydrogens is 537 g/mol. The van der Waals surface area contributed by atoms with Crippen LogP contribution in [0, 0.1) is 0 Å². The minimum absolute atomic E-state index is 0.121. The van der Waals surface area contributed by atoms with E-state index in [1.807, 2.05) is 42.5 Å². The molecule has 0 radical (unpaired) electrons. The van der Waals surface area contributed by atoms with Gasteiger partial charge in [0.1, 0.15) is 6.04 Å². The second kappa shape index (κ2) is 15.3. The molecule has 1 unspecified atom stereocenters. The minimum atomic E-state index is -2.58. The first kappa shape index (κ1) is 31.0. The Morgan fingerprint density at radius 2 is 1.19 bits per heavy atom. The van der Waals surface area contributed by atoms with E-state index in [2.05, 4.69) is 92.0 Å². The highest BCUT2D eigenvalue weighted by molar-refractivity contribution is 7.87. The molecule has 0 aliphatic rings. The third-order valence-corrected chi connectivity index (χ3v) is 11.1. The second-order valence-electron chi connectivity index (χ2n) is 10.4. The fourth-order valence-electron chi connectivity index (χ4n) is 5.26. The highest BCUT2D eigenvalue weighted by Gasteiger charge is 2.33. The number of amides is 2. The van der Waals surface area contributed by atoms with Gasteiger partial charge in [-0.05, 0) is 18.9 Å². The number of hydrogen-bond donors (Lipinski definition) is 1. The summed E-state index contributed by atoms with van der Waals surface area (Å²) in [5.41, 5.74) is 1.46. The molecule has 6 heteroatoms. The Morgan fingerprint density at radius 3 is 1.67 bits per heavy atom. The summed E-state index contributed by atoms with van der Waals surface area (Å²) in [5, 5.41) is 6.48. The summed E-state index contributed by atoms with van der Waals surface area (Å²) in [6.07, 6.45) is 3.59. The van der Waals surface area contributed by atoms with Gasteiger partial charge in [-0.15, -0.1) is 0 Å². The zero-order chi connectivity index (χ0) is 29.8. The van der Waals surface area contributed by atoms with Gasteiger partial charge in [0.05, 0.1) is 12.7 Å². The maximum absolute atomic E-state index is 13.9. The molecule has 0 saturated heterocycles. The Bertz CT molecular complexity index is 1390. The fraction of sp³-hybridized carbons (Fsp3) is 0.278. The van der Waals surface area contributed by atoms with Crippen molar-refractivity contribution in [1.29, 1.82) is 0 Å². The van der Waals surface area contributed by atoms with Gasteiger partial charge in [0.25, 0.3) is 0 Å². The molecule has 0 bridgehead atoms. The summed E-state index contributed by atoms with van der Waals surface area (Å²) in [7, 11) is -2.58. The van der Waals surface area contributed by atoms with Crippen molar-refractivity contribution in [1.82, 2.24) is 10.2 Å². The van der Waals surface area contributed by atoms with Crippen LogP contribution in [0.2, 0.25) is 0 Å². The predicted octanol–water partition coefficient (Wildman–Crippen LogP) is 7.10. The van der Waals surface area contributed by atoms with Crippen molar-refractivity contribution in [3.63, 3.8) is 0 Å². The van der Waals surface area contributed by atoms with Crippen molar-refractivity contribution < 1.29 is 9.59 Å². The summed E-state index contributed by atoms with van der Waals surface area (Å²) >= 11 is 0. The van der Waals surface area contributed by atoms with E-state index in [0.29, 0.717) is 13.1 Å². The van der Waals surface area contributed by atoms with Gasteiger partial charge < -0.3 is 10.2 Å². The van der Waals surface area contributed by atoms with Gasteiger partial charge in [-0.3, -0.25) is 14.3 Å². The molecule has 1 N–H and O–H groups in total. The van der Waals surface area contributed by atoms with Crippen molar-refractivity contribution in [2.45, 2.75) is 52.5 Å². The van der Waals surface area contributed by atoms with Crippen LogP contribution in [0.25, 0.3) is 0 Å². The van der Waals surface area contributed by atoms with E-state index in [4.69, 9.17) is 4.74 Å². The highest BCUT2D eigenvalue weighted by Crippen LogP contribution is 2.50. The second-order valence-corrected chi connectivity index (χ2v) is 13.4. The quantitative estimate of drug-likeness (QED) is 0.136. The van der Waals surface area contributed by atoms with Crippen molar-refractivity contribution in [3.05, 3.63) is 121 Å². The van der Waals surface area contributed by atoms with Gasteiger partial charge in [-0.2, -0.15) is 0 Å². The van der Waals surface area contributed by atoms with Crippen molar-refractivity contribution in [2.75, 3.05) is 13.1 Å². The van der Waals surface area contributed by atoms with E-state index >= 15 is 0 Å². The van der Waals surface area contributed by atoms with Crippen LogP contribution in [-0.4, -0.2) is 29.8 Å². The summed E-state index contributed by atoms with van der Waals surface area (Å²) in [6.45, 7) is 6.82. The van der Waals surface area contributed by atoms with E-state index in [9.17, 15) is 9.59 Å². The predicted molar refractivity (Wildman–Crippen MR) is 177 cm³/mol. The maximum Gasteiger partial charge on any atom is 0.247 e. The molecule has 0 saturated carbocycles. The number of benzene rings is 4. The van der Waals surface area contributed by atoms with Crippen LogP contribution in [0.3, 0.4) is 0 Å². The number of carbonyl (C=O) groups excluding carboxylic acids is 2. The van der Waals surface area contributed by atoms with Crippen LogP contribution >= 0.6 is 7.05 Å². The van der Waals surface area contributed by atoms with Crippen molar-refractivity contribution >= 4 is 40.5 Å². The molecule has 4 rings (SSSR count). The molecule has 4 aromatic carbocycles. The average Bonchev–Trinajstić information content (AvgIpc) is 3.03. The van der Waals surface area contributed by atoms with Crippen molar-refractivity contribution in [2.24, 2.45) is 4.74 Å². The molecular formula is C36H42N3O2P. The summed E-state index contributed by atoms with van der Waals surface area (Å²) in [6, 6.07) is 38.4. The molecule has 0 fully saturated rings. The zero-order valence-electron chi connectivity index (χ0n) is 24.9. The van der Waals surface area contributed by atoms with Crippen LogP contribution in [0.5, 0.6) is 0 Å². The molecule has 0 aliphatic carbocycles. The largest absolute Gasteiger partial charge is 0.354 e. The molecule has 42 heavy (non-hydrogen) atoms. The Morgan fingerprint density at radius 1 is 0.714 bits per heavy atom. The van der Waals surface area contributed by atoms with Gasteiger partial charge in [0, 0.05) is 41.5 Å². The Hall–Kier alpha value is -3.95. The first-order valence-corrected chi connectivity index (χ1v) is 16.7. The summed E-state index contributed by atoms with van der Waals surface area (Å²) in [4.78, 5) is 28.7. The normalized spacial score (nSPS) is 11.9. The summed E-state index contributed by atoms with van der Waals surface area (Å²) < 4.78 is 5.72. The molecule has 0 aliphatic heterocycles. The molecule has 1 atom stereocenters. The number of rotatable bonds is 13. The smallest absolute Gasteiger partial charge is 0.247 e. The van der Waals surface area contributed by atoms with Gasteiger partial charge in [0.2, 0.25) is 11.8 Å². The Labute approximate surface area is 251 Å². The molecule has 0 heterocycles. The topological polar surface area (TPSA) is 61.8 Å². The lowest BCUT2D eigenvalue weighted by Gasteiger charge is -2.32. The lowest BCUT2D eigenvalue weighted by molar-refractivity contribution is -0.139. The SMILES string of the molecule is CCCCNC(=O)C(c1ccccc1N=P(c1ccccc1)(c1ccccc1)c1ccccc1)N(CCCC)C(C)=O. The average molecular weight is 580 g/mol. The van der Waals surface area contributed by atoms with Gasteiger partial charge in [-0.25, -0.2) is 0 Å². The van der Waals surface area contributed by atoms with Gasteiger partial charge >= 0.3 is 0 Å². The van der Waals surface area contributed by atoms with E-state index in [1.54, 1.807) is 11.8 Å². The Kier molecular flexibility index (Phi) is 11.3. The van der Waals surface area contributed by atoms with Gasteiger partial charge in [0.15, 0.2) is 0 Å². The summed E-state index contributed by atoms with van der Waals surface area (Å²) in [5.74, 6) is -0.287. The zero-order valence-corrected chi connectivity index (χ0v) is 25.8. The molecule has 2 amide bonds. The van der Waals surface area contributed by atoms with Crippen LogP contribution in [0.4, 0.5) is 5.69 Å². The van der Waals surface area contributed by atoms with E-state index in [-0.39, 0.29) is 11.8 Å². The first-order chi connectivity index (χ1) is 20.5.